The van der Waals surface area contributed by atoms with E-state index in [1.807, 2.05) is 0 Å². The van der Waals surface area contributed by atoms with Gasteiger partial charge in [-0.3, -0.25) is 0 Å². The molecule has 0 bridgehead atoms. The molecule has 0 atom stereocenters. The third kappa shape index (κ3) is 3.35. The molecular formula is C16H13FN2O3. The van der Waals surface area contributed by atoms with Gasteiger partial charge in [0.15, 0.2) is 11.5 Å². The number of urea groups is 1. The van der Waals surface area contributed by atoms with Crippen LogP contribution < -0.4 is 20.1 Å². The summed E-state index contributed by atoms with van der Waals surface area (Å²) >= 11 is 0. The molecule has 0 unspecified atom stereocenters. The van der Waals surface area contributed by atoms with Crippen LogP contribution in [0.2, 0.25) is 0 Å². The lowest BCUT2D eigenvalue weighted by atomic mass is 10.2. The molecule has 22 heavy (non-hydrogen) atoms. The van der Waals surface area contributed by atoms with Crippen LogP contribution in [-0.4, -0.2) is 12.8 Å². The predicted molar refractivity (Wildman–Crippen MR) is 80.2 cm³/mol. The summed E-state index contributed by atoms with van der Waals surface area (Å²) in [5.41, 5.74) is 1.38. The minimum atomic E-state index is -0.391. The highest BCUT2D eigenvalue weighted by atomic mass is 19.1. The number of benzene rings is 2. The van der Waals surface area contributed by atoms with Crippen molar-refractivity contribution in [2.45, 2.75) is 0 Å². The smallest absolute Gasteiger partial charge is 0.323 e. The number of carbonyl (C=O) groups is 1. The van der Waals surface area contributed by atoms with E-state index in [0.29, 0.717) is 17.2 Å². The van der Waals surface area contributed by atoms with E-state index in [0.717, 1.165) is 5.56 Å². The van der Waals surface area contributed by atoms with Gasteiger partial charge >= 0.3 is 6.03 Å². The summed E-state index contributed by atoms with van der Waals surface area (Å²) in [6, 6.07) is 10.7. The Balaban J connectivity index is 1.55. The third-order valence-electron chi connectivity index (χ3n) is 2.99. The van der Waals surface area contributed by atoms with Crippen LogP contribution >= 0.6 is 0 Å². The lowest BCUT2D eigenvalue weighted by Crippen LogP contribution is -2.23. The topological polar surface area (TPSA) is 59.6 Å². The first kappa shape index (κ1) is 13.9. The number of anilines is 1. The zero-order valence-corrected chi connectivity index (χ0v) is 11.5. The van der Waals surface area contributed by atoms with Gasteiger partial charge in [-0.2, -0.15) is 0 Å². The first-order valence-corrected chi connectivity index (χ1v) is 6.60. The number of halogens is 1. The van der Waals surface area contributed by atoms with Crippen LogP contribution in [0.3, 0.4) is 0 Å². The summed E-state index contributed by atoms with van der Waals surface area (Å²) in [6.07, 6.45) is 3.15. The van der Waals surface area contributed by atoms with Crippen molar-refractivity contribution in [3.05, 3.63) is 60.0 Å². The van der Waals surface area contributed by atoms with Gasteiger partial charge in [0.2, 0.25) is 6.79 Å². The maximum Gasteiger partial charge on any atom is 0.323 e. The Morgan fingerprint density at radius 1 is 1.09 bits per heavy atom. The van der Waals surface area contributed by atoms with Crippen molar-refractivity contribution in [3.8, 4) is 11.5 Å². The quantitative estimate of drug-likeness (QED) is 0.914. The fraction of sp³-hybridized carbons (Fsp3) is 0.0625. The molecule has 1 aliphatic heterocycles. The average Bonchev–Trinajstić information content (AvgIpc) is 2.97. The van der Waals surface area contributed by atoms with E-state index in [2.05, 4.69) is 10.6 Å². The molecule has 2 aromatic carbocycles. The van der Waals surface area contributed by atoms with E-state index >= 15 is 0 Å². The van der Waals surface area contributed by atoms with Crippen molar-refractivity contribution in [2.75, 3.05) is 12.1 Å². The van der Waals surface area contributed by atoms with E-state index in [1.54, 1.807) is 36.4 Å². The molecule has 2 amide bonds. The van der Waals surface area contributed by atoms with Crippen LogP contribution in [-0.2, 0) is 0 Å². The normalized spacial score (nSPS) is 12.4. The molecular weight excluding hydrogens is 287 g/mol. The summed E-state index contributed by atoms with van der Waals surface area (Å²) in [6.45, 7) is 0.186. The van der Waals surface area contributed by atoms with Gasteiger partial charge < -0.3 is 20.1 Å². The Labute approximate surface area is 126 Å². The second-order valence-corrected chi connectivity index (χ2v) is 4.55. The minimum absolute atomic E-state index is 0.186. The van der Waals surface area contributed by atoms with Gasteiger partial charge in [0.25, 0.3) is 0 Å². The standard InChI is InChI=1S/C16H13FN2O3/c17-12-3-1-11(2-4-12)7-8-18-16(20)19-13-5-6-14-15(9-13)22-10-21-14/h1-9H,10H2,(H2,18,19,20)/b8-7+. The van der Waals surface area contributed by atoms with Gasteiger partial charge in [-0.1, -0.05) is 12.1 Å². The summed E-state index contributed by atoms with van der Waals surface area (Å²) < 4.78 is 23.2. The zero-order valence-electron chi connectivity index (χ0n) is 11.5. The number of rotatable bonds is 3. The molecule has 0 radical (unpaired) electrons. The van der Waals surface area contributed by atoms with Gasteiger partial charge in [-0.25, -0.2) is 9.18 Å². The van der Waals surface area contributed by atoms with E-state index in [4.69, 9.17) is 9.47 Å². The van der Waals surface area contributed by atoms with Gasteiger partial charge in [0.05, 0.1) is 0 Å². The molecule has 0 aliphatic carbocycles. The number of ether oxygens (including phenoxy) is 2. The molecule has 6 heteroatoms. The van der Waals surface area contributed by atoms with Crippen molar-refractivity contribution in [2.24, 2.45) is 0 Å². The number of amides is 2. The van der Waals surface area contributed by atoms with E-state index in [1.165, 1.54) is 18.3 Å². The largest absolute Gasteiger partial charge is 0.454 e. The minimum Gasteiger partial charge on any atom is -0.454 e. The zero-order chi connectivity index (χ0) is 15.4. The number of hydrogen-bond acceptors (Lipinski definition) is 3. The van der Waals surface area contributed by atoms with E-state index in [9.17, 15) is 9.18 Å². The SMILES string of the molecule is O=C(N/C=C/c1ccc(F)cc1)Nc1ccc2c(c1)OCO2. The predicted octanol–water partition coefficient (Wildman–Crippen LogP) is 3.35. The molecule has 2 N–H and O–H groups in total. The van der Waals surface area contributed by atoms with Crippen LogP contribution in [0, 0.1) is 5.82 Å². The summed E-state index contributed by atoms with van der Waals surface area (Å²) in [4.78, 5) is 11.8. The van der Waals surface area contributed by atoms with E-state index in [-0.39, 0.29) is 12.6 Å². The van der Waals surface area contributed by atoms with Crippen LogP contribution in [0.5, 0.6) is 11.5 Å². The molecule has 1 heterocycles. The third-order valence-corrected chi connectivity index (χ3v) is 2.99. The maximum atomic E-state index is 12.8. The number of hydrogen-bond donors (Lipinski definition) is 2. The van der Waals surface area contributed by atoms with Gasteiger partial charge in [0.1, 0.15) is 5.82 Å². The monoisotopic (exact) mass is 300 g/mol. The highest BCUT2D eigenvalue weighted by Gasteiger charge is 2.13. The second-order valence-electron chi connectivity index (χ2n) is 4.55. The molecule has 0 fully saturated rings. The fourth-order valence-electron chi connectivity index (χ4n) is 1.93. The Morgan fingerprint density at radius 3 is 2.68 bits per heavy atom. The lowest BCUT2D eigenvalue weighted by molar-refractivity contribution is 0.174. The lowest BCUT2D eigenvalue weighted by Gasteiger charge is -2.05. The van der Waals surface area contributed by atoms with Crippen LogP contribution in [0.25, 0.3) is 6.08 Å². The molecule has 5 nitrogen and oxygen atoms in total. The highest BCUT2D eigenvalue weighted by Crippen LogP contribution is 2.34. The Bertz CT molecular complexity index is 714. The molecule has 112 valence electrons. The molecule has 0 spiro atoms. The van der Waals surface area contributed by atoms with Gasteiger partial charge in [0, 0.05) is 18.0 Å². The number of carbonyl (C=O) groups excluding carboxylic acids is 1. The van der Waals surface area contributed by atoms with Crippen LogP contribution in [0.1, 0.15) is 5.56 Å². The van der Waals surface area contributed by atoms with Gasteiger partial charge in [-0.15, -0.1) is 0 Å². The number of nitrogens with one attached hydrogen (secondary N) is 2. The summed E-state index contributed by atoms with van der Waals surface area (Å²) in [7, 11) is 0. The Hall–Kier alpha value is -3.02. The van der Waals surface area contributed by atoms with Crippen molar-refractivity contribution in [3.63, 3.8) is 0 Å². The Kier molecular flexibility index (Phi) is 3.91. The molecule has 0 aromatic heterocycles. The van der Waals surface area contributed by atoms with Crippen LogP contribution in [0.4, 0.5) is 14.9 Å². The first-order valence-electron chi connectivity index (χ1n) is 6.60. The van der Waals surface area contributed by atoms with Crippen molar-refractivity contribution in [1.82, 2.24) is 5.32 Å². The average molecular weight is 300 g/mol. The molecule has 2 aromatic rings. The maximum absolute atomic E-state index is 12.8. The van der Waals surface area contributed by atoms with E-state index < -0.39 is 6.03 Å². The molecule has 0 saturated heterocycles. The molecule has 1 aliphatic rings. The second kappa shape index (κ2) is 6.17. The molecule has 3 rings (SSSR count). The van der Waals surface area contributed by atoms with Crippen LogP contribution in [0.15, 0.2) is 48.7 Å². The van der Waals surface area contributed by atoms with Crippen molar-refractivity contribution >= 4 is 17.8 Å². The Morgan fingerprint density at radius 2 is 1.86 bits per heavy atom. The fourth-order valence-corrected chi connectivity index (χ4v) is 1.93. The number of fused-ring (bicyclic) bond motifs is 1. The highest BCUT2D eigenvalue weighted by molar-refractivity contribution is 5.90. The summed E-state index contributed by atoms with van der Waals surface area (Å²) in [5, 5.41) is 5.24. The first-order chi connectivity index (χ1) is 10.7. The van der Waals surface area contributed by atoms with Crippen molar-refractivity contribution in [1.29, 1.82) is 0 Å². The van der Waals surface area contributed by atoms with Gasteiger partial charge in [-0.05, 0) is 35.9 Å². The van der Waals surface area contributed by atoms with Crippen molar-refractivity contribution < 1.29 is 18.7 Å². The molecule has 0 saturated carbocycles. The summed E-state index contributed by atoms with van der Waals surface area (Å²) in [5.74, 6) is 0.951.